The van der Waals surface area contributed by atoms with Crippen molar-refractivity contribution >= 4 is 5.91 Å². The molecule has 1 amide bonds. The number of nitrogens with zero attached hydrogens (tertiary/aromatic N) is 1. The van der Waals surface area contributed by atoms with E-state index >= 15 is 0 Å². The highest BCUT2D eigenvalue weighted by Crippen LogP contribution is 2.47. The number of nitrogens with one attached hydrogen (secondary N) is 1. The molecule has 0 aromatic rings. The van der Waals surface area contributed by atoms with Gasteiger partial charge in [-0.3, -0.25) is 4.79 Å². The van der Waals surface area contributed by atoms with E-state index in [-0.39, 0.29) is 17.9 Å². The molecule has 5 atom stereocenters. The second kappa shape index (κ2) is 4.94. The van der Waals surface area contributed by atoms with Crippen molar-refractivity contribution in [2.24, 2.45) is 23.5 Å². The van der Waals surface area contributed by atoms with Crippen LogP contribution in [0.1, 0.15) is 26.2 Å². The average Bonchev–Trinajstić information content (AvgIpc) is 2.85. The largest absolute Gasteiger partial charge is 0.354 e. The minimum absolute atomic E-state index is 0.0723. The molecule has 0 heterocycles. The molecule has 3 N–H and O–H groups in total. The summed E-state index contributed by atoms with van der Waals surface area (Å²) in [6.07, 6.45) is 3.59. The van der Waals surface area contributed by atoms with Gasteiger partial charge in [-0.15, -0.1) is 0 Å². The highest BCUT2D eigenvalue weighted by Gasteiger charge is 2.48. The van der Waals surface area contributed by atoms with E-state index in [9.17, 15) is 4.79 Å². The summed E-state index contributed by atoms with van der Waals surface area (Å²) < 4.78 is 0. The third-order valence-corrected chi connectivity index (χ3v) is 4.74. The number of amides is 1. The number of carbonyl (C=O) groups is 1. The Hall–Kier alpha value is -0.610. The van der Waals surface area contributed by atoms with Crippen LogP contribution in [0.2, 0.25) is 0 Å². The van der Waals surface area contributed by atoms with Gasteiger partial charge in [-0.2, -0.15) is 0 Å². The van der Waals surface area contributed by atoms with Crippen LogP contribution in [-0.2, 0) is 4.79 Å². The number of likely N-dealkylation sites (N-methyl/N-ethyl adjacent to an activating group) is 1. The van der Waals surface area contributed by atoms with Gasteiger partial charge in [0.1, 0.15) is 0 Å². The predicted molar refractivity (Wildman–Crippen MR) is 68.5 cm³/mol. The highest BCUT2D eigenvalue weighted by atomic mass is 16.2. The summed E-state index contributed by atoms with van der Waals surface area (Å²) in [6, 6.07) is 0.470. The molecular formula is C13H25N3O. The first-order valence-electron chi connectivity index (χ1n) is 6.70. The Morgan fingerprint density at radius 1 is 1.41 bits per heavy atom. The minimum atomic E-state index is 0.0723. The molecule has 2 bridgehead atoms. The number of fused-ring (bicyclic) bond motifs is 2. The summed E-state index contributed by atoms with van der Waals surface area (Å²) in [5.74, 6) is 1.40. The zero-order chi connectivity index (χ0) is 12.6. The molecule has 2 aliphatic rings. The van der Waals surface area contributed by atoms with Gasteiger partial charge in [0.15, 0.2) is 0 Å². The van der Waals surface area contributed by atoms with Crippen molar-refractivity contribution < 1.29 is 4.79 Å². The predicted octanol–water partition coefficient (Wildman–Crippen LogP) is 0.426. The fourth-order valence-electron chi connectivity index (χ4n) is 3.27. The Morgan fingerprint density at radius 3 is 2.59 bits per heavy atom. The Labute approximate surface area is 104 Å². The van der Waals surface area contributed by atoms with Gasteiger partial charge in [-0.25, -0.2) is 0 Å². The lowest BCUT2D eigenvalue weighted by Crippen LogP contribution is -2.47. The first-order valence-corrected chi connectivity index (χ1v) is 6.70. The van der Waals surface area contributed by atoms with Gasteiger partial charge in [0.05, 0.1) is 5.92 Å². The molecule has 2 aliphatic carbocycles. The maximum absolute atomic E-state index is 12.2. The average molecular weight is 239 g/mol. The van der Waals surface area contributed by atoms with Crippen LogP contribution < -0.4 is 11.1 Å². The molecule has 98 valence electrons. The molecule has 0 radical (unpaired) electrons. The maximum Gasteiger partial charge on any atom is 0.225 e. The fraction of sp³-hybridized carbons (Fsp3) is 0.923. The quantitative estimate of drug-likeness (QED) is 0.748. The monoisotopic (exact) mass is 239 g/mol. The van der Waals surface area contributed by atoms with Crippen LogP contribution in [-0.4, -0.2) is 43.5 Å². The number of hydrogen-bond donors (Lipinski definition) is 2. The smallest absolute Gasteiger partial charge is 0.225 e. The van der Waals surface area contributed by atoms with E-state index in [1.165, 1.54) is 19.3 Å². The van der Waals surface area contributed by atoms with Crippen molar-refractivity contribution in [2.45, 2.75) is 38.3 Å². The van der Waals surface area contributed by atoms with E-state index in [2.05, 4.69) is 17.1 Å². The van der Waals surface area contributed by atoms with E-state index in [4.69, 9.17) is 5.73 Å². The maximum atomic E-state index is 12.2. The Morgan fingerprint density at radius 2 is 2.06 bits per heavy atom. The van der Waals surface area contributed by atoms with Gasteiger partial charge in [0, 0.05) is 18.6 Å². The Bertz CT molecular complexity index is 290. The molecule has 4 heteroatoms. The minimum Gasteiger partial charge on any atom is -0.354 e. The normalized spacial score (nSPS) is 37.5. The lowest BCUT2D eigenvalue weighted by molar-refractivity contribution is -0.127. The number of carbonyl (C=O) groups excluding carboxylic acids is 1. The van der Waals surface area contributed by atoms with Crippen LogP contribution in [0.4, 0.5) is 0 Å². The first kappa shape index (κ1) is 12.8. The van der Waals surface area contributed by atoms with Gasteiger partial charge < -0.3 is 16.0 Å². The van der Waals surface area contributed by atoms with E-state index in [1.807, 2.05) is 14.1 Å². The molecule has 17 heavy (non-hydrogen) atoms. The second-order valence-corrected chi connectivity index (χ2v) is 5.99. The second-order valence-electron chi connectivity index (χ2n) is 5.99. The van der Waals surface area contributed by atoms with E-state index in [0.717, 1.165) is 0 Å². The zero-order valence-electron chi connectivity index (χ0n) is 11.1. The summed E-state index contributed by atoms with van der Waals surface area (Å²) >= 11 is 0. The van der Waals surface area contributed by atoms with Gasteiger partial charge in [0.2, 0.25) is 5.91 Å². The Balaban J connectivity index is 1.84. The summed E-state index contributed by atoms with van der Waals surface area (Å²) in [7, 11) is 4.06. The highest BCUT2D eigenvalue weighted by molar-refractivity contribution is 5.80. The van der Waals surface area contributed by atoms with Crippen LogP contribution >= 0.6 is 0 Å². The van der Waals surface area contributed by atoms with E-state index < -0.39 is 0 Å². The summed E-state index contributed by atoms with van der Waals surface area (Å²) in [4.78, 5) is 14.3. The lowest BCUT2D eigenvalue weighted by Gasteiger charge is -2.28. The van der Waals surface area contributed by atoms with Crippen molar-refractivity contribution in [3.05, 3.63) is 0 Å². The SMILES string of the molecule is CC(CNC(=O)C1C2CCC(C2)C1N)N(C)C. The molecule has 2 rings (SSSR count). The number of rotatable bonds is 4. The van der Waals surface area contributed by atoms with Crippen LogP contribution in [0.15, 0.2) is 0 Å². The summed E-state index contributed by atoms with van der Waals surface area (Å²) in [5, 5.41) is 3.06. The molecule has 0 aliphatic heterocycles. The summed E-state index contributed by atoms with van der Waals surface area (Å²) in [6.45, 7) is 2.83. The van der Waals surface area contributed by atoms with Crippen LogP contribution in [0.3, 0.4) is 0 Å². The molecule has 0 aromatic heterocycles. The van der Waals surface area contributed by atoms with Crippen molar-refractivity contribution in [1.29, 1.82) is 0 Å². The number of nitrogens with two attached hydrogens (primary N) is 1. The molecule has 4 nitrogen and oxygen atoms in total. The van der Waals surface area contributed by atoms with Crippen molar-refractivity contribution in [2.75, 3.05) is 20.6 Å². The molecule has 2 fully saturated rings. The van der Waals surface area contributed by atoms with E-state index in [0.29, 0.717) is 24.4 Å². The van der Waals surface area contributed by atoms with Gasteiger partial charge in [-0.05, 0) is 52.1 Å². The number of hydrogen-bond acceptors (Lipinski definition) is 3. The van der Waals surface area contributed by atoms with Crippen LogP contribution in [0.25, 0.3) is 0 Å². The van der Waals surface area contributed by atoms with Crippen molar-refractivity contribution in [3.8, 4) is 0 Å². The molecule has 0 spiro atoms. The molecule has 2 saturated carbocycles. The zero-order valence-corrected chi connectivity index (χ0v) is 11.1. The van der Waals surface area contributed by atoms with Crippen LogP contribution in [0.5, 0.6) is 0 Å². The summed E-state index contributed by atoms with van der Waals surface area (Å²) in [5.41, 5.74) is 6.16. The Kier molecular flexibility index (Phi) is 3.73. The molecule has 0 aromatic carbocycles. The molecular weight excluding hydrogens is 214 g/mol. The first-order chi connectivity index (χ1) is 8.00. The van der Waals surface area contributed by atoms with E-state index in [1.54, 1.807) is 0 Å². The standard InChI is InChI=1S/C13H25N3O/c1-8(16(2)3)7-15-13(17)11-9-4-5-10(6-9)12(11)14/h8-12H,4-7,14H2,1-3H3,(H,15,17). The van der Waals surface area contributed by atoms with Crippen LogP contribution in [0, 0.1) is 17.8 Å². The van der Waals surface area contributed by atoms with Gasteiger partial charge in [0.25, 0.3) is 0 Å². The van der Waals surface area contributed by atoms with Crippen molar-refractivity contribution in [3.63, 3.8) is 0 Å². The third-order valence-electron chi connectivity index (χ3n) is 4.74. The third kappa shape index (κ3) is 2.47. The van der Waals surface area contributed by atoms with Gasteiger partial charge in [-0.1, -0.05) is 0 Å². The molecule has 5 unspecified atom stereocenters. The van der Waals surface area contributed by atoms with Gasteiger partial charge >= 0.3 is 0 Å². The fourth-order valence-corrected chi connectivity index (χ4v) is 3.27. The topological polar surface area (TPSA) is 58.4 Å². The lowest BCUT2D eigenvalue weighted by atomic mass is 9.84. The molecule has 0 saturated heterocycles. The van der Waals surface area contributed by atoms with Crippen molar-refractivity contribution in [1.82, 2.24) is 10.2 Å².